The van der Waals surface area contributed by atoms with Crippen LogP contribution >= 0.6 is 0 Å². The number of β-amino-alcohol motifs (C(OH)–C–C–N with tert-alkyl or cyclic N) is 1. The second-order valence-electron chi connectivity index (χ2n) is 6.69. The maximum atomic E-state index is 10.9. The number of rotatable bonds is 6. The highest BCUT2D eigenvalue weighted by molar-refractivity contribution is 5.12. The second kappa shape index (κ2) is 6.41. The first kappa shape index (κ1) is 16.1. The lowest BCUT2D eigenvalue weighted by atomic mass is 10.00. The molecule has 0 amide bonds. The molecule has 3 rings (SSSR count). The minimum Gasteiger partial charge on any atom is -0.382 e. The van der Waals surface area contributed by atoms with Crippen molar-refractivity contribution in [2.24, 2.45) is 0 Å². The Hall–Kier alpha value is -1.73. The van der Waals surface area contributed by atoms with Crippen LogP contribution in [0.15, 0.2) is 18.6 Å². The van der Waals surface area contributed by atoms with Crippen molar-refractivity contribution in [3.05, 3.63) is 29.8 Å². The molecule has 23 heavy (non-hydrogen) atoms. The summed E-state index contributed by atoms with van der Waals surface area (Å²) in [6, 6.07) is 0.257. The third-order valence-electron chi connectivity index (χ3n) is 4.57. The van der Waals surface area contributed by atoms with Gasteiger partial charge in [-0.1, -0.05) is 5.21 Å². The molecule has 1 aliphatic rings. The van der Waals surface area contributed by atoms with Gasteiger partial charge in [0, 0.05) is 38.4 Å². The first-order valence-corrected chi connectivity index (χ1v) is 8.38. The highest BCUT2D eigenvalue weighted by Crippen LogP contribution is 2.30. The number of hydrogen-bond acceptors (Lipinski definition) is 5. The molecule has 0 radical (unpaired) electrons. The fourth-order valence-corrected chi connectivity index (χ4v) is 3.01. The van der Waals surface area contributed by atoms with E-state index < -0.39 is 5.60 Å². The summed E-state index contributed by atoms with van der Waals surface area (Å²) in [6.45, 7) is 9.52. The molecule has 7 heteroatoms. The van der Waals surface area contributed by atoms with Crippen LogP contribution in [0.4, 0.5) is 0 Å². The zero-order chi connectivity index (χ0) is 16.4. The monoisotopic (exact) mass is 318 g/mol. The maximum Gasteiger partial charge on any atom is 0.124 e. The van der Waals surface area contributed by atoms with E-state index in [2.05, 4.69) is 47.3 Å². The van der Waals surface area contributed by atoms with E-state index in [9.17, 15) is 5.11 Å². The second-order valence-corrected chi connectivity index (χ2v) is 6.69. The van der Waals surface area contributed by atoms with Crippen LogP contribution in [0.2, 0.25) is 0 Å². The van der Waals surface area contributed by atoms with Gasteiger partial charge in [0.05, 0.1) is 12.4 Å². The summed E-state index contributed by atoms with van der Waals surface area (Å²) >= 11 is 0. The first-order chi connectivity index (χ1) is 11.0. The SMILES string of the molecule is CCn1cc(CCN2CC[C@@](O)(c3cn(C(C)C)nn3)C2)cn1. The van der Waals surface area contributed by atoms with Crippen molar-refractivity contribution < 1.29 is 5.11 Å². The number of aryl methyl sites for hydroxylation is 1. The summed E-state index contributed by atoms with van der Waals surface area (Å²) in [5.74, 6) is 0. The topological polar surface area (TPSA) is 72.0 Å². The van der Waals surface area contributed by atoms with Gasteiger partial charge in [0.1, 0.15) is 11.3 Å². The number of nitrogens with zero attached hydrogens (tertiary/aromatic N) is 6. The predicted octanol–water partition coefficient (Wildman–Crippen LogP) is 1.21. The van der Waals surface area contributed by atoms with Crippen LogP contribution in [-0.4, -0.2) is 54.4 Å². The van der Waals surface area contributed by atoms with Crippen molar-refractivity contribution in [1.82, 2.24) is 29.7 Å². The fourth-order valence-electron chi connectivity index (χ4n) is 3.01. The average Bonchev–Trinajstić information content (AvgIpc) is 3.25. The quantitative estimate of drug-likeness (QED) is 0.867. The summed E-state index contributed by atoms with van der Waals surface area (Å²) in [5, 5.41) is 23.5. The molecule has 1 fully saturated rings. The smallest absolute Gasteiger partial charge is 0.124 e. The lowest BCUT2D eigenvalue weighted by Crippen LogP contribution is -2.32. The predicted molar refractivity (Wildman–Crippen MR) is 87.0 cm³/mol. The molecule has 0 bridgehead atoms. The Kier molecular flexibility index (Phi) is 4.50. The maximum absolute atomic E-state index is 10.9. The summed E-state index contributed by atoms with van der Waals surface area (Å²) in [4.78, 5) is 2.29. The van der Waals surface area contributed by atoms with Crippen molar-refractivity contribution in [3.8, 4) is 0 Å². The zero-order valence-electron chi connectivity index (χ0n) is 14.2. The molecule has 2 aromatic heterocycles. The lowest BCUT2D eigenvalue weighted by Gasteiger charge is -2.21. The van der Waals surface area contributed by atoms with Crippen molar-refractivity contribution >= 4 is 0 Å². The summed E-state index contributed by atoms with van der Waals surface area (Å²) in [7, 11) is 0. The molecule has 0 spiro atoms. The molecule has 1 N–H and O–H groups in total. The Morgan fingerprint density at radius 1 is 1.35 bits per heavy atom. The van der Waals surface area contributed by atoms with Crippen molar-refractivity contribution in [2.45, 2.75) is 51.8 Å². The number of aromatic nitrogens is 5. The van der Waals surface area contributed by atoms with Crippen LogP contribution in [0.5, 0.6) is 0 Å². The normalized spacial score (nSPS) is 22.3. The molecule has 0 aromatic carbocycles. The Bertz CT molecular complexity index is 649. The number of likely N-dealkylation sites (tertiary alicyclic amines) is 1. The number of aliphatic hydroxyl groups is 1. The third kappa shape index (κ3) is 3.45. The van der Waals surface area contributed by atoms with Gasteiger partial charge in [-0.2, -0.15) is 5.10 Å². The molecule has 1 saturated heterocycles. The van der Waals surface area contributed by atoms with E-state index in [1.54, 1.807) is 4.68 Å². The van der Waals surface area contributed by atoms with Gasteiger partial charge in [0.2, 0.25) is 0 Å². The molecular weight excluding hydrogens is 292 g/mol. The largest absolute Gasteiger partial charge is 0.382 e. The number of hydrogen-bond donors (Lipinski definition) is 1. The van der Waals surface area contributed by atoms with Crippen LogP contribution in [0.3, 0.4) is 0 Å². The van der Waals surface area contributed by atoms with Gasteiger partial charge in [-0.05, 0) is 39.2 Å². The molecule has 0 saturated carbocycles. The summed E-state index contributed by atoms with van der Waals surface area (Å²) in [6.07, 6.45) is 7.56. The van der Waals surface area contributed by atoms with Crippen molar-refractivity contribution in [1.29, 1.82) is 0 Å². The van der Waals surface area contributed by atoms with Crippen LogP contribution in [-0.2, 0) is 18.6 Å². The zero-order valence-corrected chi connectivity index (χ0v) is 14.2. The fraction of sp³-hybridized carbons (Fsp3) is 0.688. The summed E-state index contributed by atoms with van der Waals surface area (Å²) in [5.41, 5.74) is 1.06. The Morgan fingerprint density at radius 3 is 2.83 bits per heavy atom. The van der Waals surface area contributed by atoms with Crippen molar-refractivity contribution in [2.75, 3.05) is 19.6 Å². The van der Waals surface area contributed by atoms with Crippen LogP contribution < -0.4 is 0 Å². The van der Waals surface area contributed by atoms with Gasteiger partial charge in [0.25, 0.3) is 0 Å². The third-order valence-corrected chi connectivity index (χ3v) is 4.57. The van der Waals surface area contributed by atoms with Gasteiger partial charge in [-0.15, -0.1) is 5.10 Å². The van der Waals surface area contributed by atoms with E-state index in [1.165, 1.54) is 5.56 Å². The standard InChI is InChI=1S/C16H26N6O/c1-4-21-10-14(9-17-21)5-7-20-8-6-16(23,12-20)15-11-22(13(2)3)19-18-15/h9-11,13,23H,4-8,12H2,1-3H3/t16-/m0/s1. The van der Waals surface area contributed by atoms with E-state index in [1.807, 2.05) is 17.1 Å². The molecule has 1 aliphatic heterocycles. The molecular formula is C16H26N6O. The van der Waals surface area contributed by atoms with E-state index in [0.29, 0.717) is 18.7 Å². The molecule has 7 nitrogen and oxygen atoms in total. The first-order valence-electron chi connectivity index (χ1n) is 8.38. The van der Waals surface area contributed by atoms with Gasteiger partial charge < -0.3 is 5.11 Å². The van der Waals surface area contributed by atoms with Crippen LogP contribution in [0.25, 0.3) is 0 Å². The Labute approximate surface area is 136 Å². The lowest BCUT2D eigenvalue weighted by molar-refractivity contribution is 0.0418. The van der Waals surface area contributed by atoms with Crippen LogP contribution in [0.1, 0.15) is 44.5 Å². The Morgan fingerprint density at radius 2 is 2.17 bits per heavy atom. The van der Waals surface area contributed by atoms with Gasteiger partial charge in [-0.25, -0.2) is 4.68 Å². The van der Waals surface area contributed by atoms with Gasteiger partial charge in [0.15, 0.2) is 0 Å². The van der Waals surface area contributed by atoms with E-state index in [-0.39, 0.29) is 6.04 Å². The van der Waals surface area contributed by atoms with E-state index in [4.69, 9.17) is 0 Å². The molecule has 2 aromatic rings. The van der Waals surface area contributed by atoms with Gasteiger partial charge in [-0.3, -0.25) is 9.58 Å². The molecule has 0 aliphatic carbocycles. The summed E-state index contributed by atoms with van der Waals surface area (Å²) < 4.78 is 3.75. The Balaban J connectivity index is 1.58. The molecule has 3 heterocycles. The van der Waals surface area contributed by atoms with Gasteiger partial charge >= 0.3 is 0 Å². The highest BCUT2D eigenvalue weighted by Gasteiger charge is 2.39. The van der Waals surface area contributed by atoms with Crippen LogP contribution in [0, 0.1) is 0 Å². The van der Waals surface area contributed by atoms with E-state index >= 15 is 0 Å². The van der Waals surface area contributed by atoms with Crippen molar-refractivity contribution in [3.63, 3.8) is 0 Å². The van der Waals surface area contributed by atoms with E-state index in [0.717, 1.165) is 26.1 Å². The molecule has 1 atom stereocenters. The highest BCUT2D eigenvalue weighted by atomic mass is 16.3. The average molecular weight is 318 g/mol. The minimum atomic E-state index is -0.874. The molecule has 0 unspecified atom stereocenters. The minimum absolute atomic E-state index is 0.257. The molecule has 126 valence electrons.